The third-order valence-electron chi connectivity index (χ3n) is 6.45. The number of benzene rings is 1. The first-order valence-electron chi connectivity index (χ1n) is 10.7. The monoisotopic (exact) mass is 440 g/mol. The van der Waals surface area contributed by atoms with E-state index in [1.165, 1.54) is 0 Å². The molecule has 31 heavy (non-hydrogen) atoms. The summed E-state index contributed by atoms with van der Waals surface area (Å²) in [6.07, 6.45) is 4.23. The van der Waals surface area contributed by atoms with Crippen LogP contribution in [0.4, 0.5) is 0 Å². The lowest BCUT2D eigenvalue weighted by atomic mass is 9.75. The molecule has 0 bridgehead atoms. The van der Waals surface area contributed by atoms with Crippen molar-refractivity contribution in [2.75, 3.05) is 13.1 Å². The molecular weight excluding hydrogens is 416 g/mol. The Hall–Kier alpha value is -2.64. The van der Waals surface area contributed by atoms with Gasteiger partial charge in [-0.2, -0.15) is 4.98 Å². The van der Waals surface area contributed by atoms with Crippen LogP contribution in [0.5, 0.6) is 6.01 Å². The molecule has 0 radical (unpaired) electrons. The Morgan fingerprint density at radius 1 is 1.23 bits per heavy atom. The Kier molecular flexibility index (Phi) is 5.10. The van der Waals surface area contributed by atoms with E-state index in [1.54, 1.807) is 6.92 Å². The van der Waals surface area contributed by atoms with Gasteiger partial charge in [-0.05, 0) is 30.9 Å². The number of rotatable bonds is 4. The molecule has 3 heterocycles. The van der Waals surface area contributed by atoms with Crippen molar-refractivity contribution in [3.8, 4) is 17.3 Å². The van der Waals surface area contributed by atoms with E-state index in [0.29, 0.717) is 41.0 Å². The number of pyridine rings is 1. The molecule has 1 saturated heterocycles. The summed E-state index contributed by atoms with van der Waals surface area (Å²) in [6, 6.07) is 10.0. The number of H-pyrrole nitrogens is 1. The van der Waals surface area contributed by atoms with E-state index in [0.717, 1.165) is 43.2 Å². The number of imidazole rings is 1. The first-order chi connectivity index (χ1) is 14.9. The number of carbonyl (C=O) groups is 1. The second-order valence-corrected chi connectivity index (χ2v) is 8.92. The van der Waals surface area contributed by atoms with E-state index in [9.17, 15) is 9.90 Å². The molecule has 0 spiro atoms. The molecule has 2 aliphatic rings. The van der Waals surface area contributed by atoms with Gasteiger partial charge in [0.2, 0.25) is 5.91 Å². The minimum Gasteiger partial charge on any atom is -0.461 e. The molecule has 1 aliphatic heterocycles. The van der Waals surface area contributed by atoms with Crippen molar-refractivity contribution in [2.24, 2.45) is 0 Å². The largest absolute Gasteiger partial charge is 0.461 e. The smallest absolute Gasteiger partial charge is 0.296 e. The van der Waals surface area contributed by atoms with Gasteiger partial charge in [0.1, 0.15) is 6.10 Å². The zero-order valence-electron chi connectivity index (χ0n) is 17.4. The Labute approximate surface area is 185 Å². The van der Waals surface area contributed by atoms with Gasteiger partial charge in [0.05, 0.1) is 21.8 Å². The van der Waals surface area contributed by atoms with Crippen LogP contribution in [0.3, 0.4) is 0 Å². The molecule has 8 heteroatoms. The summed E-state index contributed by atoms with van der Waals surface area (Å²) in [7, 11) is 0. The van der Waals surface area contributed by atoms with Crippen molar-refractivity contribution in [3.63, 3.8) is 0 Å². The highest BCUT2D eigenvalue weighted by Crippen LogP contribution is 2.41. The molecular formula is C23H25ClN4O3. The molecule has 2 N–H and O–H groups in total. The fourth-order valence-electron chi connectivity index (χ4n) is 4.34. The molecule has 5 rings (SSSR count). The number of piperidine rings is 1. The highest BCUT2D eigenvalue weighted by atomic mass is 35.5. The van der Waals surface area contributed by atoms with Crippen LogP contribution in [-0.4, -0.2) is 50.1 Å². The van der Waals surface area contributed by atoms with Crippen LogP contribution in [0, 0.1) is 0 Å². The number of nitrogens with one attached hydrogen (secondary N) is 1. The van der Waals surface area contributed by atoms with Crippen molar-refractivity contribution in [3.05, 3.63) is 40.9 Å². The summed E-state index contributed by atoms with van der Waals surface area (Å²) in [5, 5.41) is 11.0. The molecule has 1 aromatic carbocycles. The van der Waals surface area contributed by atoms with Crippen LogP contribution in [0.2, 0.25) is 5.02 Å². The van der Waals surface area contributed by atoms with E-state index >= 15 is 0 Å². The fourth-order valence-corrected chi connectivity index (χ4v) is 4.60. The van der Waals surface area contributed by atoms with Gasteiger partial charge in [-0.25, -0.2) is 4.98 Å². The van der Waals surface area contributed by atoms with Gasteiger partial charge < -0.3 is 19.7 Å². The van der Waals surface area contributed by atoms with Crippen LogP contribution in [0.25, 0.3) is 22.4 Å². The van der Waals surface area contributed by atoms with Gasteiger partial charge in [0.15, 0.2) is 5.65 Å². The van der Waals surface area contributed by atoms with Gasteiger partial charge in [-0.3, -0.25) is 4.79 Å². The number of likely N-dealkylation sites (tertiary alicyclic amines) is 1. The number of carbonyl (C=O) groups excluding carboxylic acids is 1. The van der Waals surface area contributed by atoms with Crippen LogP contribution < -0.4 is 4.74 Å². The summed E-state index contributed by atoms with van der Waals surface area (Å²) in [5.74, 6) is 0.100. The number of amides is 1. The number of halogens is 1. The molecule has 1 saturated carbocycles. The van der Waals surface area contributed by atoms with Crippen LogP contribution in [0.1, 0.15) is 44.6 Å². The third-order valence-corrected chi connectivity index (χ3v) is 6.74. The number of aromatic amines is 1. The predicted molar refractivity (Wildman–Crippen MR) is 118 cm³/mol. The van der Waals surface area contributed by atoms with Gasteiger partial charge in [0.25, 0.3) is 6.01 Å². The molecule has 1 amide bonds. The lowest BCUT2D eigenvalue weighted by molar-refractivity contribution is -0.130. The summed E-state index contributed by atoms with van der Waals surface area (Å²) >= 11 is 6.51. The molecule has 2 aromatic heterocycles. The number of hydrogen-bond donors (Lipinski definition) is 2. The van der Waals surface area contributed by atoms with E-state index < -0.39 is 5.60 Å². The first-order valence-corrected chi connectivity index (χ1v) is 11.1. The van der Waals surface area contributed by atoms with E-state index in [-0.39, 0.29) is 12.0 Å². The second-order valence-electron chi connectivity index (χ2n) is 8.52. The highest BCUT2D eigenvalue weighted by Gasteiger charge is 2.36. The minimum absolute atomic E-state index is 0.0101. The van der Waals surface area contributed by atoms with Crippen LogP contribution >= 0.6 is 11.6 Å². The van der Waals surface area contributed by atoms with Crippen LogP contribution in [-0.2, 0) is 10.4 Å². The number of hydrogen-bond acceptors (Lipinski definition) is 5. The number of ether oxygens (including phenoxy) is 1. The number of aromatic nitrogens is 3. The Morgan fingerprint density at radius 3 is 2.55 bits per heavy atom. The van der Waals surface area contributed by atoms with E-state index in [4.69, 9.17) is 16.3 Å². The first kappa shape index (κ1) is 20.3. The fraction of sp³-hybridized carbons (Fsp3) is 0.435. The van der Waals surface area contributed by atoms with Gasteiger partial charge in [-0.15, -0.1) is 0 Å². The summed E-state index contributed by atoms with van der Waals surface area (Å²) in [6.45, 7) is 2.98. The van der Waals surface area contributed by atoms with Gasteiger partial charge >= 0.3 is 0 Å². The minimum atomic E-state index is -0.686. The number of fused-ring (bicyclic) bond motifs is 1. The summed E-state index contributed by atoms with van der Waals surface area (Å²) in [5.41, 5.74) is 3.03. The van der Waals surface area contributed by atoms with Gasteiger partial charge in [-0.1, -0.05) is 35.9 Å². The molecule has 0 unspecified atom stereocenters. The van der Waals surface area contributed by atoms with E-state index in [2.05, 4.69) is 15.0 Å². The summed E-state index contributed by atoms with van der Waals surface area (Å²) < 4.78 is 6.01. The van der Waals surface area contributed by atoms with Crippen molar-refractivity contribution in [2.45, 2.75) is 50.7 Å². The lowest BCUT2D eigenvalue weighted by Gasteiger charge is -2.37. The van der Waals surface area contributed by atoms with Crippen molar-refractivity contribution < 1.29 is 14.6 Å². The maximum Gasteiger partial charge on any atom is 0.296 e. The molecule has 162 valence electrons. The topological polar surface area (TPSA) is 91.3 Å². The predicted octanol–water partition coefficient (Wildman–Crippen LogP) is 4.04. The SMILES string of the molecule is CC(=O)N1CCC(Oc2nc3nc(-c4ccc(C5(O)CCC5)cc4)c(Cl)cc3[nH]2)CC1. The summed E-state index contributed by atoms with van der Waals surface area (Å²) in [4.78, 5) is 25.6. The molecule has 1 aliphatic carbocycles. The van der Waals surface area contributed by atoms with Crippen molar-refractivity contribution in [1.29, 1.82) is 0 Å². The molecule has 3 aromatic rings. The average molecular weight is 441 g/mol. The van der Waals surface area contributed by atoms with Crippen LogP contribution in [0.15, 0.2) is 30.3 Å². The lowest BCUT2D eigenvalue weighted by Crippen LogP contribution is -2.40. The Balaban J connectivity index is 1.34. The number of nitrogens with zero attached hydrogens (tertiary/aromatic N) is 3. The third kappa shape index (κ3) is 3.88. The zero-order chi connectivity index (χ0) is 21.6. The normalized spacial score (nSPS) is 18.7. The second kappa shape index (κ2) is 7.80. The zero-order valence-corrected chi connectivity index (χ0v) is 18.2. The maximum absolute atomic E-state index is 11.5. The highest BCUT2D eigenvalue weighted by molar-refractivity contribution is 6.33. The van der Waals surface area contributed by atoms with E-state index in [1.807, 2.05) is 35.2 Å². The van der Waals surface area contributed by atoms with Gasteiger partial charge in [0, 0.05) is 38.4 Å². The number of aliphatic hydroxyl groups is 1. The standard InChI is InChI=1S/C23H25ClN4O3/c1-14(29)28-11-7-17(8-12-28)31-22-25-19-13-18(24)20(26-21(19)27-22)15-3-5-16(6-4-15)23(30)9-2-10-23/h3-6,13,17,30H,2,7-12H2,1H3,(H,25,26,27). The Morgan fingerprint density at radius 2 is 1.94 bits per heavy atom. The average Bonchev–Trinajstić information content (AvgIpc) is 3.13. The van der Waals surface area contributed by atoms with Crippen molar-refractivity contribution in [1.82, 2.24) is 19.9 Å². The quantitative estimate of drug-likeness (QED) is 0.638. The molecule has 7 nitrogen and oxygen atoms in total. The maximum atomic E-state index is 11.5. The molecule has 0 atom stereocenters. The van der Waals surface area contributed by atoms with Crippen molar-refractivity contribution >= 4 is 28.7 Å². The Bertz CT molecular complexity index is 1120. The molecule has 2 fully saturated rings.